The highest BCUT2D eigenvalue weighted by atomic mass is 15.3. The summed E-state index contributed by atoms with van der Waals surface area (Å²) in [5.74, 6) is 0. The van der Waals surface area contributed by atoms with Crippen molar-refractivity contribution in [3.8, 4) is 6.07 Å². The van der Waals surface area contributed by atoms with Crippen LogP contribution in [0.1, 0.15) is 0 Å². The molecule has 0 amide bonds. The second-order valence-corrected chi connectivity index (χ2v) is 1.91. The molecule has 4 heteroatoms. The molecule has 0 spiro atoms. The number of allylic oxidation sites excluding steroid dienone is 1. The van der Waals surface area contributed by atoms with E-state index in [0.29, 0.717) is 0 Å². The van der Waals surface area contributed by atoms with Crippen molar-refractivity contribution in [1.82, 2.24) is 10.3 Å². The third-order valence-electron chi connectivity index (χ3n) is 0.623. The summed E-state index contributed by atoms with van der Waals surface area (Å²) in [4.78, 5) is 1.75. The molecular weight excluding hydrogens is 128 g/mol. The van der Waals surface area contributed by atoms with Gasteiger partial charge in [-0.1, -0.05) is 6.58 Å². The molecule has 0 saturated carbocycles. The van der Waals surface area contributed by atoms with E-state index in [-0.39, 0.29) is 5.70 Å². The van der Waals surface area contributed by atoms with Crippen LogP contribution >= 0.6 is 0 Å². The third kappa shape index (κ3) is 4.65. The standard InChI is InChI=1S/C6H10N4/c1-6(4-7)9-8-5-10(2)3/h5,9H,1H2,2-3H3/b8-5-. The van der Waals surface area contributed by atoms with Crippen molar-refractivity contribution in [2.75, 3.05) is 14.1 Å². The molecule has 0 heterocycles. The molecule has 0 aliphatic rings. The fourth-order valence-electron chi connectivity index (χ4n) is 0.247. The lowest BCUT2D eigenvalue weighted by molar-refractivity contribution is 0.634. The number of hydrogen-bond acceptors (Lipinski definition) is 3. The number of hydrogen-bond donors (Lipinski definition) is 1. The van der Waals surface area contributed by atoms with Gasteiger partial charge in [0.15, 0.2) is 0 Å². The maximum atomic E-state index is 8.20. The number of nitrogens with zero attached hydrogens (tertiary/aromatic N) is 3. The molecule has 0 radical (unpaired) electrons. The normalized spacial score (nSPS) is 8.90. The Bertz CT molecular complexity index is 175. The molecular formula is C6H10N4. The second kappa shape index (κ2) is 4.39. The van der Waals surface area contributed by atoms with E-state index >= 15 is 0 Å². The Morgan fingerprint density at radius 3 is 2.80 bits per heavy atom. The summed E-state index contributed by atoms with van der Waals surface area (Å²) < 4.78 is 0. The van der Waals surface area contributed by atoms with Crippen molar-refractivity contribution in [3.05, 3.63) is 12.3 Å². The zero-order valence-electron chi connectivity index (χ0n) is 6.13. The Labute approximate surface area is 60.4 Å². The number of rotatable bonds is 3. The molecule has 0 aromatic carbocycles. The van der Waals surface area contributed by atoms with Crippen molar-refractivity contribution in [1.29, 1.82) is 5.26 Å². The molecule has 0 fully saturated rings. The SMILES string of the molecule is C=C(C#N)N/N=C\N(C)C. The topological polar surface area (TPSA) is 51.4 Å². The third-order valence-corrected chi connectivity index (χ3v) is 0.623. The lowest BCUT2D eigenvalue weighted by atomic mass is 10.6. The van der Waals surface area contributed by atoms with E-state index in [9.17, 15) is 0 Å². The van der Waals surface area contributed by atoms with Crippen molar-refractivity contribution in [2.45, 2.75) is 0 Å². The zero-order valence-corrected chi connectivity index (χ0v) is 6.13. The summed E-state index contributed by atoms with van der Waals surface area (Å²) in [7, 11) is 3.67. The molecule has 0 bridgehead atoms. The van der Waals surface area contributed by atoms with Gasteiger partial charge in [-0.3, -0.25) is 5.43 Å². The van der Waals surface area contributed by atoms with Gasteiger partial charge in [-0.05, 0) is 0 Å². The van der Waals surface area contributed by atoms with E-state index in [1.807, 2.05) is 14.1 Å². The van der Waals surface area contributed by atoms with Crippen LogP contribution in [-0.4, -0.2) is 25.3 Å². The Morgan fingerprint density at radius 2 is 2.40 bits per heavy atom. The van der Waals surface area contributed by atoms with Gasteiger partial charge < -0.3 is 4.90 Å². The summed E-state index contributed by atoms with van der Waals surface area (Å²) in [6.45, 7) is 3.37. The van der Waals surface area contributed by atoms with Gasteiger partial charge in [0.1, 0.15) is 18.1 Å². The Hall–Kier alpha value is -1.50. The van der Waals surface area contributed by atoms with Crippen LogP contribution in [0.5, 0.6) is 0 Å². The Morgan fingerprint density at radius 1 is 1.80 bits per heavy atom. The first-order valence-electron chi connectivity index (χ1n) is 2.71. The van der Waals surface area contributed by atoms with Crippen LogP contribution in [0.15, 0.2) is 17.4 Å². The molecule has 0 saturated heterocycles. The van der Waals surface area contributed by atoms with Crippen LogP contribution in [0.2, 0.25) is 0 Å². The summed E-state index contributed by atoms with van der Waals surface area (Å²) in [5, 5.41) is 11.9. The molecule has 0 aliphatic carbocycles. The van der Waals surface area contributed by atoms with Gasteiger partial charge in [-0.15, -0.1) is 0 Å². The molecule has 0 atom stereocenters. The molecule has 0 unspecified atom stereocenters. The smallest absolute Gasteiger partial charge is 0.126 e. The van der Waals surface area contributed by atoms with Crippen molar-refractivity contribution < 1.29 is 0 Å². The average Bonchev–Trinajstić information content (AvgIpc) is 1.87. The largest absolute Gasteiger partial charge is 0.367 e. The molecule has 0 rings (SSSR count). The highest BCUT2D eigenvalue weighted by Gasteiger charge is 1.81. The quantitative estimate of drug-likeness (QED) is 0.261. The minimum atomic E-state index is 0.234. The van der Waals surface area contributed by atoms with Crippen LogP contribution in [-0.2, 0) is 0 Å². The van der Waals surface area contributed by atoms with E-state index in [4.69, 9.17) is 5.26 Å². The first-order chi connectivity index (χ1) is 4.66. The molecule has 10 heavy (non-hydrogen) atoms. The summed E-state index contributed by atoms with van der Waals surface area (Å²) >= 11 is 0. The predicted molar refractivity (Wildman–Crippen MR) is 40.1 cm³/mol. The lowest BCUT2D eigenvalue weighted by Gasteiger charge is -2.01. The maximum Gasteiger partial charge on any atom is 0.126 e. The predicted octanol–water partition coefficient (Wildman–Crippen LogP) is 0.118. The van der Waals surface area contributed by atoms with Gasteiger partial charge in [0.2, 0.25) is 0 Å². The fourth-order valence-corrected chi connectivity index (χ4v) is 0.247. The van der Waals surface area contributed by atoms with Gasteiger partial charge in [0.05, 0.1) is 0 Å². The molecule has 1 N–H and O–H groups in total. The first-order valence-corrected chi connectivity index (χ1v) is 2.71. The second-order valence-electron chi connectivity index (χ2n) is 1.91. The summed E-state index contributed by atoms with van der Waals surface area (Å²) in [5.41, 5.74) is 2.67. The monoisotopic (exact) mass is 138 g/mol. The van der Waals surface area contributed by atoms with Crippen molar-refractivity contribution in [3.63, 3.8) is 0 Å². The van der Waals surface area contributed by atoms with Gasteiger partial charge in [0.25, 0.3) is 0 Å². The van der Waals surface area contributed by atoms with Crippen LogP contribution in [0, 0.1) is 11.3 Å². The molecule has 54 valence electrons. The summed E-state index contributed by atoms with van der Waals surface area (Å²) in [6, 6.07) is 1.80. The van der Waals surface area contributed by atoms with Crippen molar-refractivity contribution in [2.24, 2.45) is 5.10 Å². The minimum absolute atomic E-state index is 0.234. The van der Waals surface area contributed by atoms with E-state index in [2.05, 4.69) is 17.1 Å². The van der Waals surface area contributed by atoms with Crippen LogP contribution in [0.3, 0.4) is 0 Å². The van der Waals surface area contributed by atoms with E-state index < -0.39 is 0 Å². The lowest BCUT2D eigenvalue weighted by Crippen LogP contribution is -2.12. The molecule has 0 aromatic heterocycles. The average molecular weight is 138 g/mol. The summed E-state index contributed by atoms with van der Waals surface area (Å²) in [6.07, 6.45) is 1.54. The number of nitriles is 1. The Balaban J connectivity index is 3.56. The number of hydrazone groups is 1. The maximum absolute atomic E-state index is 8.20. The van der Waals surface area contributed by atoms with E-state index in [0.717, 1.165) is 0 Å². The van der Waals surface area contributed by atoms with Crippen LogP contribution in [0.25, 0.3) is 0 Å². The van der Waals surface area contributed by atoms with Gasteiger partial charge in [0, 0.05) is 14.1 Å². The van der Waals surface area contributed by atoms with Gasteiger partial charge in [-0.2, -0.15) is 10.4 Å². The zero-order chi connectivity index (χ0) is 7.98. The Kier molecular flexibility index (Phi) is 3.73. The van der Waals surface area contributed by atoms with Crippen molar-refractivity contribution >= 4 is 6.34 Å². The molecule has 0 aliphatic heterocycles. The number of nitrogens with one attached hydrogen (secondary N) is 1. The molecule has 0 aromatic rings. The van der Waals surface area contributed by atoms with E-state index in [1.165, 1.54) is 0 Å². The minimum Gasteiger partial charge on any atom is -0.367 e. The highest BCUT2D eigenvalue weighted by Crippen LogP contribution is 1.76. The first kappa shape index (κ1) is 8.50. The van der Waals surface area contributed by atoms with E-state index in [1.54, 1.807) is 17.3 Å². The van der Waals surface area contributed by atoms with Crippen LogP contribution in [0.4, 0.5) is 0 Å². The molecule has 4 nitrogen and oxygen atoms in total. The highest BCUT2D eigenvalue weighted by molar-refractivity contribution is 5.53. The van der Waals surface area contributed by atoms with Crippen LogP contribution < -0.4 is 5.43 Å². The van der Waals surface area contributed by atoms with Gasteiger partial charge in [-0.25, -0.2) is 0 Å². The fraction of sp³-hybridized carbons (Fsp3) is 0.333. The van der Waals surface area contributed by atoms with Gasteiger partial charge >= 0.3 is 0 Å².